The minimum absolute atomic E-state index is 0.0924. The molecular weight excluding hydrogens is 372 g/mol. The summed E-state index contributed by atoms with van der Waals surface area (Å²) in [5, 5.41) is 5.36. The second-order valence-corrected chi connectivity index (χ2v) is 5.92. The zero-order valence-electron chi connectivity index (χ0n) is 15.6. The number of para-hydroxylation sites is 1. The molecule has 0 saturated heterocycles. The Hall–Kier alpha value is -4.07. The Bertz CT molecular complexity index is 1040. The number of esters is 1. The van der Waals surface area contributed by atoms with Gasteiger partial charge in [0, 0.05) is 18.0 Å². The summed E-state index contributed by atoms with van der Waals surface area (Å²) in [5.41, 5.74) is 1.56. The summed E-state index contributed by atoms with van der Waals surface area (Å²) in [4.78, 5) is 44.9. The Morgan fingerprint density at radius 3 is 2.48 bits per heavy atom. The fourth-order valence-corrected chi connectivity index (χ4v) is 2.53. The number of methoxy groups -OCH3 is 1. The van der Waals surface area contributed by atoms with Gasteiger partial charge >= 0.3 is 5.97 Å². The second-order valence-electron chi connectivity index (χ2n) is 5.92. The van der Waals surface area contributed by atoms with Crippen LogP contribution >= 0.6 is 0 Å². The zero-order chi connectivity index (χ0) is 20.6. The molecule has 3 rings (SSSR count). The smallest absolute Gasteiger partial charge is 0.339 e. The number of nitrogens with one attached hydrogen (secondary N) is 2. The van der Waals surface area contributed by atoms with E-state index in [0.29, 0.717) is 11.4 Å². The number of carbonyl (C=O) groups is 3. The Morgan fingerprint density at radius 2 is 1.72 bits per heavy atom. The van der Waals surface area contributed by atoms with E-state index in [0.717, 1.165) is 0 Å². The van der Waals surface area contributed by atoms with Gasteiger partial charge in [-0.3, -0.25) is 19.6 Å². The van der Waals surface area contributed by atoms with E-state index in [1.807, 2.05) is 6.07 Å². The molecule has 0 unspecified atom stereocenters. The lowest BCUT2D eigenvalue weighted by molar-refractivity contribution is 0.0601. The van der Waals surface area contributed by atoms with E-state index in [9.17, 15) is 14.4 Å². The summed E-state index contributed by atoms with van der Waals surface area (Å²) >= 11 is 0. The molecule has 0 bridgehead atoms. The summed E-state index contributed by atoms with van der Waals surface area (Å²) in [7, 11) is 1.26. The van der Waals surface area contributed by atoms with Gasteiger partial charge in [0.15, 0.2) is 0 Å². The summed E-state index contributed by atoms with van der Waals surface area (Å²) in [6.07, 6.45) is 3.01. The van der Waals surface area contributed by atoms with Crippen molar-refractivity contribution < 1.29 is 19.1 Å². The molecule has 3 aromatic rings. The van der Waals surface area contributed by atoms with Crippen LogP contribution in [0, 0.1) is 0 Å². The topological polar surface area (TPSA) is 110 Å². The van der Waals surface area contributed by atoms with Crippen LogP contribution in [0.1, 0.15) is 36.9 Å². The summed E-state index contributed by atoms with van der Waals surface area (Å²) in [6.45, 7) is 0.240. The molecule has 8 nitrogen and oxygen atoms in total. The van der Waals surface area contributed by atoms with Crippen molar-refractivity contribution >= 4 is 23.5 Å². The first kappa shape index (κ1) is 19.7. The number of aromatic nitrogens is 2. The molecule has 8 heteroatoms. The predicted molar refractivity (Wildman–Crippen MR) is 105 cm³/mol. The van der Waals surface area contributed by atoms with Crippen molar-refractivity contribution in [2.45, 2.75) is 6.54 Å². The molecule has 0 radical (unpaired) electrons. The number of benzene rings is 1. The highest BCUT2D eigenvalue weighted by atomic mass is 16.5. The monoisotopic (exact) mass is 390 g/mol. The van der Waals surface area contributed by atoms with E-state index in [2.05, 4.69) is 20.6 Å². The average molecular weight is 390 g/mol. The molecule has 0 saturated carbocycles. The van der Waals surface area contributed by atoms with Gasteiger partial charge in [-0.1, -0.05) is 18.2 Å². The van der Waals surface area contributed by atoms with E-state index >= 15 is 0 Å². The van der Waals surface area contributed by atoms with Gasteiger partial charge in [0.05, 0.1) is 30.6 Å². The number of nitrogens with zero attached hydrogens (tertiary/aromatic N) is 2. The van der Waals surface area contributed by atoms with Gasteiger partial charge in [0.1, 0.15) is 5.69 Å². The minimum Gasteiger partial charge on any atom is -0.465 e. The van der Waals surface area contributed by atoms with Crippen molar-refractivity contribution in [2.24, 2.45) is 0 Å². The third kappa shape index (κ3) is 5.01. The van der Waals surface area contributed by atoms with Crippen LogP contribution in [0.4, 0.5) is 5.69 Å². The van der Waals surface area contributed by atoms with Gasteiger partial charge in [-0.2, -0.15) is 0 Å². The van der Waals surface area contributed by atoms with Crippen molar-refractivity contribution in [2.75, 3.05) is 12.4 Å². The molecule has 146 valence electrons. The molecule has 2 N–H and O–H groups in total. The first-order valence-corrected chi connectivity index (χ1v) is 8.71. The Balaban J connectivity index is 1.71. The number of rotatable bonds is 6. The molecule has 0 spiro atoms. The number of pyridine rings is 2. The molecule has 2 aromatic heterocycles. The van der Waals surface area contributed by atoms with E-state index in [4.69, 9.17) is 4.74 Å². The molecule has 0 atom stereocenters. The van der Waals surface area contributed by atoms with Crippen LogP contribution in [0.3, 0.4) is 0 Å². The molecule has 1 aromatic carbocycles. The third-order valence-corrected chi connectivity index (χ3v) is 3.99. The van der Waals surface area contributed by atoms with Crippen LogP contribution in [-0.2, 0) is 11.3 Å². The Kier molecular flexibility index (Phi) is 6.26. The highest BCUT2D eigenvalue weighted by molar-refractivity contribution is 6.08. The number of amides is 2. The van der Waals surface area contributed by atoms with Gasteiger partial charge in [-0.25, -0.2) is 4.79 Å². The first-order chi connectivity index (χ1) is 14.1. The molecule has 2 amide bonds. The quantitative estimate of drug-likeness (QED) is 0.626. The van der Waals surface area contributed by atoms with E-state index in [-0.39, 0.29) is 23.4 Å². The Morgan fingerprint density at radius 1 is 0.931 bits per heavy atom. The number of hydrogen-bond donors (Lipinski definition) is 2. The number of anilines is 1. The maximum Gasteiger partial charge on any atom is 0.339 e. The normalized spacial score (nSPS) is 10.1. The van der Waals surface area contributed by atoms with Crippen molar-refractivity contribution in [3.8, 4) is 0 Å². The number of hydrogen-bond acceptors (Lipinski definition) is 6. The molecule has 0 fully saturated rings. The van der Waals surface area contributed by atoms with Crippen molar-refractivity contribution in [1.29, 1.82) is 0 Å². The van der Waals surface area contributed by atoms with Crippen LogP contribution in [0.2, 0.25) is 0 Å². The SMILES string of the molecule is COC(=O)c1ccccc1NC(=O)c1ccnc(C(=O)NCc2ccccn2)c1. The predicted octanol–water partition coefficient (Wildman–Crippen LogP) is 2.45. The molecular formula is C21H18N4O4. The molecule has 0 aliphatic carbocycles. The van der Waals surface area contributed by atoms with Crippen LogP contribution < -0.4 is 10.6 Å². The molecule has 2 heterocycles. The van der Waals surface area contributed by atoms with Gasteiger partial charge in [0.2, 0.25) is 0 Å². The highest BCUT2D eigenvalue weighted by Crippen LogP contribution is 2.17. The lowest BCUT2D eigenvalue weighted by Gasteiger charge is -2.10. The highest BCUT2D eigenvalue weighted by Gasteiger charge is 2.16. The van der Waals surface area contributed by atoms with Crippen molar-refractivity contribution in [1.82, 2.24) is 15.3 Å². The molecule has 0 aliphatic rings. The molecule has 0 aliphatic heterocycles. The third-order valence-electron chi connectivity index (χ3n) is 3.99. The summed E-state index contributed by atoms with van der Waals surface area (Å²) in [6, 6.07) is 14.7. The van der Waals surface area contributed by atoms with Crippen LogP contribution in [0.5, 0.6) is 0 Å². The largest absolute Gasteiger partial charge is 0.465 e. The lowest BCUT2D eigenvalue weighted by atomic mass is 10.1. The van der Waals surface area contributed by atoms with Gasteiger partial charge in [-0.15, -0.1) is 0 Å². The Labute approximate surface area is 167 Å². The standard InChI is InChI=1S/C21H18N4O4/c1-29-21(28)16-7-2-3-8-17(16)25-19(26)14-9-11-23-18(12-14)20(27)24-13-15-6-4-5-10-22-15/h2-12H,13H2,1H3,(H,24,27)(H,25,26). The van der Waals surface area contributed by atoms with Gasteiger partial charge in [0.25, 0.3) is 11.8 Å². The van der Waals surface area contributed by atoms with Crippen molar-refractivity contribution in [3.05, 3.63) is 89.5 Å². The number of ether oxygens (including phenoxy) is 1. The number of carbonyl (C=O) groups excluding carboxylic acids is 3. The zero-order valence-corrected chi connectivity index (χ0v) is 15.6. The van der Waals surface area contributed by atoms with E-state index in [1.165, 1.54) is 25.4 Å². The minimum atomic E-state index is -0.565. The molecule has 29 heavy (non-hydrogen) atoms. The van der Waals surface area contributed by atoms with Gasteiger partial charge in [-0.05, 0) is 36.4 Å². The van der Waals surface area contributed by atoms with Gasteiger partial charge < -0.3 is 15.4 Å². The lowest BCUT2D eigenvalue weighted by Crippen LogP contribution is -2.25. The second kappa shape index (κ2) is 9.23. The van der Waals surface area contributed by atoms with E-state index in [1.54, 1.807) is 42.6 Å². The fraction of sp³-hybridized carbons (Fsp3) is 0.0952. The fourth-order valence-electron chi connectivity index (χ4n) is 2.53. The van der Waals surface area contributed by atoms with Crippen LogP contribution in [-0.4, -0.2) is 34.9 Å². The van der Waals surface area contributed by atoms with E-state index < -0.39 is 17.8 Å². The maximum absolute atomic E-state index is 12.6. The summed E-state index contributed by atoms with van der Waals surface area (Å²) in [5.74, 6) is -1.48. The maximum atomic E-state index is 12.6. The first-order valence-electron chi connectivity index (χ1n) is 8.71. The van der Waals surface area contributed by atoms with Crippen LogP contribution in [0.25, 0.3) is 0 Å². The van der Waals surface area contributed by atoms with Crippen molar-refractivity contribution in [3.63, 3.8) is 0 Å². The average Bonchev–Trinajstić information content (AvgIpc) is 2.78. The van der Waals surface area contributed by atoms with Crippen LogP contribution in [0.15, 0.2) is 67.0 Å². The summed E-state index contributed by atoms with van der Waals surface area (Å²) < 4.78 is 4.72.